The van der Waals surface area contributed by atoms with E-state index in [1.165, 1.54) is 12.7 Å². The lowest BCUT2D eigenvalue weighted by Crippen LogP contribution is -2.44. The number of likely N-dealkylation sites (tertiary alicyclic amines) is 1. The van der Waals surface area contributed by atoms with Gasteiger partial charge in [-0.3, -0.25) is 14.7 Å². The Balaban J connectivity index is 1.66. The average Bonchev–Trinajstić information content (AvgIpc) is 3.02. The largest absolute Gasteiger partial charge is 0.469 e. The van der Waals surface area contributed by atoms with Crippen molar-refractivity contribution in [2.24, 2.45) is 4.99 Å². The van der Waals surface area contributed by atoms with E-state index in [1.54, 1.807) is 0 Å². The van der Waals surface area contributed by atoms with E-state index < -0.39 is 0 Å². The molecule has 1 aliphatic heterocycles. The van der Waals surface area contributed by atoms with Crippen LogP contribution in [-0.2, 0) is 16.1 Å². The van der Waals surface area contributed by atoms with E-state index in [2.05, 4.69) is 62.5 Å². The number of carbonyl (C=O) groups is 1. The summed E-state index contributed by atoms with van der Waals surface area (Å²) in [6.07, 6.45) is 4.51. The van der Waals surface area contributed by atoms with Crippen LogP contribution in [0.25, 0.3) is 0 Å². The first-order valence-corrected chi connectivity index (χ1v) is 9.94. The molecule has 6 heteroatoms. The maximum absolute atomic E-state index is 11.1. The molecule has 0 spiro atoms. The summed E-state index contributed by atoms with van der Waals surface area (Å²) in [5, 5.41) is 6.94. The third-order valence-electron chi connectivity index (χ3n) is 5.07. The number of unbranched alkanes of at least 4 members (excludes halogenated alkanes) is 2. The van der Waals surface area contributed by atoms with Gasteiger partial charge in [0.05, 0.1) is 7.11 Å². The first kappa shape index (κ1) is 21.2. The Hall–Kier alpha value is -2.08. The molecule has 2 N–H and O–H groups in total. The van der Waals surface area contributed by atoms with Gasteiger partial charge in [-0.15, -0.1) is 0 Å². The van der Waals surface area contributed by atoms with E-state index in [4.69, 9.17) is 0 Å². The average molecular weight is 375 g/mol. The molecule has 0 aromatic heterocycles. The summed E-state index contributed by atoms with van der Waals surface area (Å²) in [6, 6.07) is 11.6. The van der Waals surface area contributed by atoms with Crippen molar-refractivity contribution in [3.05, 3.63) is 35.9 Å². The molecule has 2 atom stereocenters. The molecular formula is C21H34N4O2. The summed E-state index contributed by atoms with van der Waals surface area (Å²) in [4.78, 5) is 18.0. The fourth-order valence-corrected chi connectivity index (χ4v) is 3.51. The third-order valence-corrected chi connectivity index (χ3v) is 5.07. The van der Waals surface area contributed by atoms with E-state index in [0.717, 1.165) is 51.3 Å². The molecular weight excluding hydrogens is 340 g/mol. The van der Waals surface area contributed by atoms with Crippen molar-refractivity contribution in [1.29, 1.82) is 0 Å². The van der Waals surface area contributed by atoms with Gasteiger partial charge in [-0.1, -0.05) is 36.8 Å². The number of methoxy groups -OCH3 is 1. The lowest BCUT2D eigenvalue weighted by atomic mass is 10.2. The van der Waals surface area contributed by atoms with Gasteiger partial charge in [-0.05, 0) is 31.7 Å². The van der Waals surface area contributed by atoms with Gasteiger partial charge in [0.15, 0.2) is 5.96 Å². The fourth-order valence-electron chi connectivity index (χ4n) is 3.51. The Morgan fingerprint density at radius 2 is 2.04 bits per heavy atom. The van der Waals surface area contributed by atoms with Gasteiger partial charge in [-0.2, -0.15) is 0 Å². The molecule has 1 saturated heterocycles. The maximum Gasteiger partial charge on any atom is 0.305 e. The molecule has 0 amide bonds. The molecule has 0 radical (unpaired) electrons. The standard InChI is InChI=1S/C21H34N4O2/c1-17-14-19(16-25(17)15-18-10-6-4-7-11-18)24-21(22-2)23-13-9-5-8-12-20(26)27-3/h4,6-7,10-11,17,19H,5,8-9,12-16H2,1-3H3,(H2,22,23,24). The third kappa shape index (κ3) is 7.59. The van der Waals surface area contributed by atoms with Crippen LogP contribution in [0, 0.1) is 0 Å². The van der Waals surface area contributed by atoms with Gasteiger partial charge >= 0.3 is 5.97 Å². The van der Waals surface area contributed by atoms with Crippen LogP contribution in [0.1, 0.15) is 44.6 Å². The monoisotopic (exact) mass is 374 g/mol. The SMILES string of the molecule is CN=C(NCCCCCC(=O)OC)NC1CC(C)N(Cc2ccccc2)C1. The summed E-state index contributed by atoms with van der Waals surface area (Å²) in [7, 11) is 3.25. The minimum atomic E-state index is -0.129. The van der Waals surface area contributed by atoms with Crippen LogP contribution in [0.2, 0.25) is 0 Å². The van der Waals surface area contributed by atoms with Crippen LogP contribution in [0.5, 0.6) is 0 Å². The quantitative estimate of drug-likeness (QED) is 0.301. The fraction of sp³-hybridized carbons (Fsp3) is 0.619. The zero-order valence-electron chi connectivity index (χ0n) is 16.9. The van der Waals surface area contributed by atoms with Crippen LogP contribution in [0.4, 0.5) is 0 Å². The number of nitrogens with zero attached hydrogens (tertiary/aromatic N) is 2. The van der Waals surface area contributed by atoms with E-state index in [1.807, 2.05) is 7.05 Å². The molecule has 27 heavy (non-hydrogen) atoms. The Bertz CT molecular complexity index is 591. The van der Waals surface area contributed by atoms with E-state index >= 15 is 0 Å². The highest BCUT2D eigenvalue weighted by Crippen LogP contribution is 2.20. The Kier molecular flexibility index (Phi) is 9.11. The second kappa shape index (κ2) is 11.6. The predicted octanol–water partition coefficient (Wildman–Crippen LogP) is 2.55. The number of esters is 1. The van der Waals surface area contributed by atoms with E-state index in [9.17, 15) is 4.79 Å². The first-order valence-electron chi connectivity index (χ1n) is 9.94. The number of nitrogens with one attached hydrogen (secondary N) is 2. The number of aliphatic imine (C=N–C) groups is 1. The van der Waals surface area contributed by atoms with Crippen molar-refractivity contribution < 1.29 is 9.53 Å². The van der Waals surface area contributed by atoms with Crippen LogP contribution in [0.15, 0.2) is 35.3 Å². The molecule has 0 saturated carbocycles. The zero-order chi connectivity index (χ0) is 19.5. The second-order valence-electron chi connectivity index (χ2n) is 7.23. The Morgan fingerprint density at radius 3 is 2.74 bits per heavy atom. The van der Waals surface area contributed by atoms with Crippen LogP contribution < -0.4 is 10.6 Å². The Labute approximate surface area is 163 Å². The smallest absolute Gasteiger partial charge is 0.305 e. The van der Waals surface area contributed by atoms with Crippen LogP contribution in [-0.4, -0.2) is 56.2 Å². The molecule has 150 valence electrons. The summed E-state index contributed by atoms with van der Waals surface area (Å²) in [6.45, 7) is 5.17. The number of hydrogen-bond donors (Lipinski definition) is 2. The molecule has 1 aliphatic rings. The van der Waals surface area contributed by atoms with Crippen molar-refractivity contribution in [2.45, 2.75) is 57.7 Å². The lowest BCUT2D eigenvalue weighted by molar-refractivity contribution is -0.140. The molecule has 6 nitrogen and oxygen atoms in total. The molecule has 2 rings (SSSR count). The number of carbonyl (C=O) groups excluding carboxylic acids is 1. The van der Waals surface area contributed by atoms with Gasteiger partial charge in [0.25, 0.3) is 0 Å². The minimum absolute atomic E-state index is 0.129. The maximum atomic E-state index is 11.1. The van der Waals surface area contributed by atoms with Gasteiger partial charge < -0.3 is 15.4 Å². The van der Waals surface area contributed by atoms with E-state index in [-0.39, 0.29) is 5.97 Å². The van der Waals surface area contributed by atoms with E-state index in [0.29, 0.717) is 18.5 Å². The predicted molar refractivity (Wildman–Crippen MR) is 110 cm³/mol. The summed E-state index contributed by atoms with van der Waals surface area (Å²) < 4.78 is 4.65. The number of guanidine groups is 1. The Morgan fingerprint density at radius 1 is 1.26 bits per heavy atom. The second-order valence-corrected chi connectivity index (χ2v) is 7.23. The molecule has 1 aromatic rings. The molecule has 1 aromatic carbocycles. The molecule has 2 unspecified atom stereocenters. The van der Waals surface area contributed by atoms with Gasteiger partial charge in [-0.25, -0.2) is 0 Å². The van der Waals surface area contributed by atoms with Crippen LogP contribution >= 0.6 is 0 Å². The molecule has 0 aliphatic carbocycles. The van der Waals surface area contributed by atoms with Crippen molar-refractivity contribution in [3.8, 4) is 0 Å². The number of hydrogen-bond acceptors (Lipinski definition) is 4. The topological polar surface area (TPSA) is 66.0 Å². The minimum Gasteiger partial charge on any atom is -0.469 e. The van der Waals surface area contributed by atoms with Crippen molar-refractivity contribution in [1.82, 2.24) is 15.5 Å². The van der Waals surface area contributed by atoms with Crippen molar-refractivity contribution >= 4 is 11.9 Å². The normalized spacial score (nSPS) is 20.5. The highest BCUT2D eigenvalue weighted by molar-refractivity contribution is 5.80. The lowest BCUT2D eigenvalue weighted by Gasteiger charge is -2.21. The summed E-state index contributed by atoms with van der Waals surface area (Å²) in [5.74, 6) is 0.734. The van der Waals surface area contributed by atoms with Crippen molar-refractivity contribution in [3.63, 3.8) is 0 Å². The van der Waals surface area contributed by atoms with Crippen molar-refractivity contribution in [2.75, 3.05) is 27.2 Å². The van der Waals surface area contributed by atoms with Gasteiger partial charge in [0, 0.05) is 45.2 Å². The number of rotatable bonds is 9. The highest BCUT2D eigenvalue weighted by atomic mass is 16.5. The number of benzene rings is 1. The zero-order valence-corrected chi connectivity index (χ0v) is 16.9. The number of ether oxygens (including phenoxy) is 1. The first-order chi connectivity index (χ1) is 13.1. The van der Waals surface area contributed by atoms with Gasteiger partial charge in [0.1, 0.15) is 0 Å². The molecule has 1 fully saturated rings. The summed E-state index contributed by atoms with van der Waals surface area (Å²) >= 11 is 0. The van der Waals surface area contributed by atoms with Gasteiger partial charge in [0.2, 0.25) is 0 Å². The summed E-state index contributed by atoms with van der Waals surface area (Å²) in [5.41, 5.74) is 1.36. The molecule has 0 bridgehead atoms. The highest BCUT2D eigenvalue weighted by Gasteiger charge is 2.29. The van der Waals surface area contributed by atoms with Crippen LogP contribution in [0.3, 0.4) is 0 Å². The molecule has 1 heterocycles.